The Morgan fingerprint density at radius 2 is 1.70 bits per heavy atom. The third-order valence-electron chi connectivity index (χ3n) is 5.57. The smallest absolute Gasteiger partial charge is 0.312 e. The van der Waals surface area contributed by atoms with Crippen molar-refractivity contribution in [3.8, 4) is 5.75 Å². The number of hydrogen-bond donors (Lipinski definition) is 0. The summed E-state index contributed by atoms with van der Waals surface area (Å²) >= 11 is 5.99. The molecule has 1 fully saturated rings. The highest BCUT2D eigenvalue weighted by Gasteiger charge is 2.43. The fraction of sp³-hybridized carbons (Fsp3) is 0.417. The highest BCUT2D eigenvalue weighted by Crippen LogP contribution is 2.37. The van der Waals surface area contributed by atoms with Crippen LogP contribution in [0.4, 0.5) is 0 Å². The Morgan fingerprint density at radius 3 is 2.33 bits per heavy atom. The van der Waals surface area contributed by atoms with Crippen molar-refractivity contribution < 1.29 is 19.1 Å². The zero-order chi connectivity index (χ0) is 21.4. The van der Waals surface area contributed by atoms with E-state index >= 15 is 0 Å². The fourth-order valence-corrected chi connectivity index (χ4v) is 3.97. The van der Waals surface area contributed by atoms with E-state index in [1.165, 1.54) is 0 Å². The summed E-state index contributed by atoms with van der Waals surface area (Å²) in [5, 5.41) is 0.669. The molecule has 3 rings (SSSR count). The van der Waals surface area contributed by atoms with E-state index in [-0.39, 0.29) is 11.9 Å². The Balaban J connectivity index is 1.57. The van der Waals surface area contributed by atoms with Gasteiger partial charge in [-0.1, -0.05) is 41.9 Å². The molecule has 6 heteroatoms. The van der Waals surface area contributed by atoms with Gasteiger partial charge in [-0.3, -0.25) is 9.59 Å². The van der Waals surface area contributed by atoms with Crippen LogP contribution >= 0.6 is 11.6 Å². The number of nitrogens with zero attached hydrogens (tertiary/aromatic N) is 1. The minimum Gasteiger partial charge on any atom is -0.493 e. The van der Waals surface area contributed by atoms with E-state index in [0.29, 0.717) is 57.0 Å². The summed E-state index contributed by atoms with van der Waals surface area (Å²) in [7, 11) is 0. The molecular formula is C24H28ClNO4. The zero-order valence-corrected chi connectivity index (χ0v) is 18.1. The number of carbonyl (C=O) groups excluding carboxylic acids is 2. The lowest BCUT2D eigenvalue weighted by molar-refractivity contribution is -0.160. The predicted octanol–water partition coefficient (Wildman–Crippen LogP) is 4.52. The molecule has 0 radical (unpaired) electrons. The number of likely N-dealkylation sites (tertiary alicyclic amines) is 1. The van der Waals surface area contributed by atoms with Crippen molar-refractivity contribution in [1.29, 1.82) is 0 Å². The lowest BCUT2D eigenvalue weighted by Crippen LogP contribution is -2.48. The summed E-state index contributed by atoms with van der Waals surface area (Å²) in [6, 6.07) is 17.0. The Labute approximate surface area is 182 Å². The molecule has 1 saturated heterocycles. The molecule has 0 bridgehead atoms. The topological polar surface area (TPSA) is 55.8 Å². The van der Waals surface area contributed by atoms with Gasteiger partial charge in [-0.2, -0.15) is 0 Å². The largest absolute Gasteiger partial charge is 0.493 e. The molecule has 160 valence electrons. The van der Waals surface area contributed by atoms with Crippen LogP contribution in [0.1, 0.15) is 31.7 Å². The fourth-order valence-electron chi connectivity index (χ4n) is 3.85. The average molecular weight is 430 g/mol. The number of para-hydroxylation sites is 1. The van der Waals surface area contributed by atoms with E-state index in [0.717, 1.165) is 11.3 Å². The molecule has 0 aliphatic carbocycles. The number of halogens is 1. The normalized spacial score (nSPS) is 15.5. The molecule has 1 aliphatic heterocycles. The summed E-state index contributed by atoms with van der Waals surface area (Å²) in [5.41, 5.74) is 0.435. The van der Waals surface area contributed by atoms with Gasteiger partial charge in [0, 0.05) is 18.1 Å². The molecule has 0 saturated carbocycles. The van der Waals surface area contributed by atoms with Gasteiger partial charge in [-0.05, 0) is 56.0 Å². The Kier molecular flexibility index (Phi) is 7.75. The molecule has 30 heavy (non-hydrogen) atoms. The molecule has 0 aromatic heterocycles. The summed E-state index contributed by atoms with van der Waals surface area (Å²) < 4.78 is 11.0. The second-order valence-electron chi connectivity index (χ2n) is 7.60. The summed E-state index contributed by atoms with van der Waals surface area (Å²) in [5.74, 6) is 0.627. The molecular weight excluding hydrogens is 402 g/mol. The molecule has 0 unspecified atom stereocenters. The van der Waals surface area contributed by atoms with E-state index in [2.05, 4.69) is 0 Å². The van der Waals surface area contributed by atoms with Crippen molar-refractivity contribution in [3.63, 3.8) is 0 Å². The Hall–Kier alpha value is -2.53. The average Bonchev–Trinajstić information content (AvgIpc) is 2.77. The van der Waals surface area contributed by atoms with Crippen LogP contribution in [0.15, 0.2) is 54.6 Å². The number of rotatable bonds is 8. The molecule has 1 amide bonds. The van der Waals surface area contributed by atoms with Gasteiger partial charge < -0.3 is 14.4 Å². The Bertz CT molecular complexity index is 830. The standard InChI is InChI=1S/C24H28ClNO4/c1-2-29-23(28)24(18-19-8-10-20(25)11-9-19)13-15-26(16-14-24)22(27)12-17-30-21-6-4-3-5-7-21/h3-11H,2,12-18H2,1H3. The number of amides is 1. The van der Waals surface area contributed by atoms with Gasteiger partial charge in [0.2, 0.25) is 5.91 Å². The maximum Gasteiger partial charge on any atom is 0.312 e. The van der Waals surface area contributed by atoms with Crippen LogP contribution in [0.2, 0.25) is 5.02 Å². The predicted molar refractivity (Wildman–Crippen MR) is 117 cm³/mol. The van der Waals surface area contributed by atoms with Gasteiger partial charge in [0.15, 0.2) is 0 Å². The molecule has 0 N–H and O–H groups in total. The first-order chi connectivity index (χ1) is 14.5. The second kappa shape index (κ2) is 10.5. The molecule has 0 atom stereocenters. The third-order valence-corrected chi connectivity index (χ3v) is 5.82. The van der Waals surface area contributed by atoms with Crippen molar-refractivity contribution in [2.24, 2.45) is 5.41 Å². The maximum absolute atomic E-state index is 12.8. The highest BCUT2D eigenvalue weighted by molar-refractivity contribution is 6.30. The van der Waals surface area contributed by atoms with Gasteiger partial charge in [0.25, 0.3) is 0 Å². The van der Waals surface area contributed by atoms with Crippen molar-refractivity contribution >= 4 is 23.5 Å². The molecule has 1 aliphatic rings. The van der Waals surface area contributed by atoms with E-state index in [9.17, 15) is 9.59 Å². The summed E-state index contributed by atoms with van der Waals surface area (Å²) in [6.45, 7) is 3.58. The first-order valence-corrected chi connectivity index (χ1v) is 10.8. The van der Waals surface area contributed by atoms with Gasteiger partial charge in [0.1, 0.15) is 5.75 Å². The van der Waals surface area contributed by atoms with E-state index in [4.69, 9.17) is 21.1 Å². The van der Waals surface area contributed by atoms with Gasteiger partial charge in [-0.15, -0.1) is 0 Å². The lowest BCUT2D eigenvalue weighted by atomic mass is 9.73. The van der Waals surface area contributed by atoms with Crippen molar-refractivity contribution in [1.82, 2.24) is 4.90 Å². The van der Waals surface area contributed by atoms with Crippen LogP contribution in [0.5, 0.6) is 5.75 Å². The summed E-state index contributed by atoms with van der Waals surface area (Å²) in [6.07, 6.45) is 2.07. The molecule has 1 heterocycles. The summed E-state index contributed by atoms with van der Waals surface area (Å²) in [4.78, 5) is 27.3. The molecule has 5 nitrogen and oxygen atoms in total. The van der Waals surface area contributed by atoms with Crippen LogP contribution in [0, 0.1) is 5.41 Å². The first-order valence-electron chi connectivity index (χ1n) is 10.4. The number of carbonyl (C=O) groups is 2. The van der Waals surface area contributed by atoms with Crippen molar-refractivity contribution in [2.45, 2.75) is 32.6 Å². The minimum atomic E-state index is -0.610. The zero-order valence-electron chi connectivity index (χ0n) is 17.3. The van der Waals surface area contributed by atoms with Crippen molar-refractivity contribution in [3.05, 3.63) is 65.2 Å². The van der Waals surface area contributed by atoms with E-state index in [1.54, 1.807) is 0 Å². The monoisotopic (exact) mass is 429 g/mol. The van der Waals surface area contributed by atoms with Crippen LogP contribution in [-0.4, -0.2) is 43.1 Å². The highest BCUT2D eigenvalue weighted by atomic mass is 35.5. The quantitative estimate of drug-likeness (QED) is 0.579. The number of piperidine rings is 1. The number of esters is 1. The van der Waals surface area contributed by atoms with Crippen LogP contribution in [0.3, 0.4) is 0 Å². The van der Waals surface area contributed by atoms with Gasteiger partial charge >= 0.3 is 5.97 Å². The molecule has 2 aromatic carbocycles. The van der Waals surface area contributed by atoms with Crippen LogP contribution in [0.25, 0.3) is 0 Å². The maximum atomic E-state index is 12.8. The Morgan fingerprint density at radius 1 is 1.03 bits per heavy atom. The number of ether oxygens (including phenoxy) is 2. The first kappa shape index (κ1) is 22.2. The van der Waals surface area contributed by atoms with Crippen LogP contribution < -0.4 is 4.74 Å². The van der Waals surface area contributed by atoms with Gasteiger partial charge in [-0.25, -0.2) is 0 Å². The van der Waals surface area contributed by atoms with Gasteiger partial charge in [0.05, 0.1) is 25.0 Å². The number of benzene rings is 2. The SMILES string of the molecule is CCOC(=O)C1(Cc2ccc(Cl)cc2)CCN(C(=O)CCOc2ccccc2)CC1. The second-order valence-corrected chi connectivity index (χ2v) is 8.03. The lowest BCUT2D eigenvalue weighted by Gasteiger charge is -2.40. The van der Waals surface area contributed by atoms with E-state index in [1.807, 2.05) is 66.4 Å². The minimum absolute atomic E-state index is 0.0508. The number of hydrogen-bond acceptors (Lipinski definition) is 4. The third kappa shape index (κ3) is 5.76. The molecule has 2 aromatic rings. The molecule has 0 spiro atoms. The van der Waals surface area contributed by atoms with Crippen molar-refractivity contribution in [2.75, 3.05) is 26.3 Å². The van der Waals surface area contributed by atoms with E-state index < -0.39 is 5.41 Å². The van der Waals surface area contributed by atoms with Crippen LogP contribution in [-0.2, 0) is 20.7 Å².